The van der Waals surface area contributed by atoms with E-state index in [4.69, 9.17) is 18.9 Å². The fraction of sp³-hybridized carbons (Fsp3) is 0.690. The van der Waals surface area contributed by atoms with Crippen LogP contribution in [0, 0.1) is 28.6 Å². The molecule has 3 rings (SSSR count). The molecule has 1 saturated heterocycles. The zero-order valence-corrected chi connectivity index (χ0v) is 23.1. The summed E-state index contributed by atoms with van der Waals surface area (Å²) < 4.78 is 23.4. The molecule has 3 fully saturated rings. The van der Waals surface area contributed by atoms with Crippen molar-refractivity contribution in [2.24, 2.45) is 28.6 Å². The maximum Gasteiger partial charge on any atom is 0.333 e. The minimum absolute atomic E-state index is 0.0881. The molecule has 1 aliphatic heterocycles. The van der Waals surface area contributed by atoms with Gasteiger partial charge in [-0.15, -0.1) is 0 Å². The van der Waals surface area contributed by atoms with Gasteiger partial charge in [-0.1, -0.05) is 44.2 Å². The molecule has 8 heteroatoms. The molecule has 2 aliphatic carbocycles. The number of carbonyl (C=O) groups excluding carboxylic acids is 3. The van der Waals surface area contributed by atoms with E-state index < -0.39 is 54.0 Å². The summed E-state index contributed by atoms with van der Waals surface area (Å²) in [5.74, 6) is -2.24. The van der Waals surface area contributed by atoms with E-state index in [1.807, 2.05) is 6.92 Å². The Kier molecular flexibility index (Phi) is 8.75. The summed E-state index contributed by atoms with van der Waals surface area (Å²) in [6.45, 7) is 16.2. The molecule has 2 saturated carbocycles. The van der Waals surface area contributed by atoms with Crippen molar-refractivity contribution in [3.8, 4) is 0 Å². The molecule has 0 amide bonds. The molecule has 3 aliphatic rings. The number of hydrogen-bond acceptors (Lipinski definition) is 8. The second-order valence-electron chi connectivity index (χ2n) is 11.2. The topological polar surface area (TPSA) is 108 Å². The molecule has 8 nitrogen and oxygen atoms in total. The Bertz CT molecular complexity index is 982. The first-order valence-electron chi connectivity index (χ1n) is 13.1. The van der Waals surface area contributed by atoms with Crippen LogP contribution in [0.4, 0.5) is 0 Å². The predicted molar refractivity (Wildman–Crippen MR) is 137 cm³/mol. The first-order valence-corrected chi connectivity index (χ1v) is 13.1. The van der Waals surface area contributed by atoms with Crippen molar-refractivity contribution in [1.29, 1.82) is 0 Å². The monoisotopic (exact) mass is 518 g/mol. The average Bonchev–Trinajstić information content (AvgIpc) is 3.12. The van der Waals surface area contributed by atoms with E-state index in [0.29, 0.717) is 31.3 Å². The maximum atomic E-state index is 12.8. The number of hydrogen-bond donors (Lipinski definition) is 1. The van der Waals surface area contributed by atoms with Gasteiger partial charge in [-0.05, 0) is 63.7 Å². The second-order valence-corrected chi connectivity index (χ2v) is 11.2. The zero-order valence-electron chi connectivity index (χ0n) is 23.1. The van der Waals surface area contributed by atoms with Crippen molar-refractivity contribution in [1.82, 2.24) is 0 Å². The number of carbonyl (C=O) groups is 3. The quantitative estimate of drug-likeness (QED) is 0.225. The minimum Gasteiger partial charge on any atom is -0.459 e. The maximum absolute atomic E-state index is 12.8. The number of ether oxygens (including phenoxy) is 4. The van der Waals surface area contributed by atoms with Crippen LogP contribution in [-0.4, -0.2) is 47.8 Å². The van der Waals surface area contributed by atoms with Crippen LogP contribution in [0.1, 0.15) is 74.1 Å². The highest BCUT2D eigenvalue weighted by Crippen LogP contribution is 2.68. The highest BCUT2D eigenvalue weighted by Gasteiger charge is 2.73. The van der Waals surface area contributed by atoms with E-state index in [-0.39, 0.29) is 17.3 Å². The molecule has 0 radical (unpaired) electrons. The molecular weight excluding hydrogens is 476 g/mol. The SMILES string of the molecule is C=C/C(C)=C/C[C@]1(C)[C@H]2C[C@@H](OC(=O)/C(C)=C/C)C[C@@H]3C(OC(C)=O)OC(OC(C)=O)[C@@]32[C@H](O)C[C@@H]1C. The summed E-state index contributed by atoms with van der Waals surface area (Å²) in [5, 5.41) is 11.8. The summed E-state index contributed by atoms with van der Waals surface area (Å²) in [7, 11) is 0. The lowest BCUT2D eigenvalue weighted by Gasteiger charge is -2.62. The van der Waals surface area contributed by atoms with Crippen LogP contribution in [0.15, 0.2) is 36.0 Å². The van der Waals surface area contributed by atoms with Crippen molar-refractivity contribution >= 4 is 17.9 Å². The molecule has 0 aromatic carbocycles. The molecular formula is C29H42O8. The zero-order chi connectivity index (χ0) is 27.7. The average molecular weight is 519 g/mol. The van der Waals surface area contributed by atoms with Gasteiger partial charge in [-0.2, -0.15) is 0 Å². The molecule has 9 atom stereocenters. The van der Waals surface area contributed by atoms with E-state index in [1.165, 1.54) is 13.8 Å². The van der Waals surface area contributed by atoms with Crippen LogP contribution < -0.4 is 0 Å². The normalized spacial score (nSPS) is 39.7. The summed E-state index contributed by atoms with van der Waals surface area (Å²) in [6, 6.07) is 0. The van der Waals surface area contributed by atoms with Crippen LogP contribution in [0.2, 0.25) is 0 Å². The fourth-order valence-electron chi connectivity index (χ4n) is 6.78. The van der Waals surface area contributed by atoms with Crippen molar-refractivity contribution in [2.75, 3.05) is 0 Å². The van der Waals surface area contributed by atoms with Gasteiger partial charge >= 0.3 is 17.9 Å². The Morgan fingerprint density at radius 2 is 1.70 bits per heavy atom. The van der Waals surface area contributed by atoms with E-state index in [9.17, 15) is 19.5 Å². The number of esters is 3. The Balaban J connectivity index is 2.18. The van der Waals surface area contributed by atoms with Gasteiger partial charge in [0.25, 0.3) is 0 Å². The number of aliphatic hydroxyl groups is 1. The van der Waals surface area contributed by atoms with Crippen LogP contribution in [0.3, 0.4) is 0 Å². The van der Waals surface area contributed by atoms with Gasteiger partial charge in [-0.3, -0.25) is 9.59 Å². The highest BCUT2D eigenvalue weighted by atomic mass is 16.8. The molecule has 0 aromatic heterocycles. The fourth-order valence-corrected chi connectivity index (χ4v) is 6.78. The smallest absolute Gasteiger partial charge is 0.333 e. The molecule has 206 valence electrons. The minimum atomic E-state index is -1.11. The van der Waals surface area contributed by atoms with Crippen molar-refractivity contribution in [3.05, 3.63) is 36.0 Å². The van der Waals surface area contributed by atoms with Gasteiger partial charge in [0.1, 0.15) is 6.10 Å². The number of rotatable bonds is 7. The predicted octanol–water partition coefficient (Wildman–Crippen LogP) is 4.62. The van der Waals surface area contributed by atoms with Crippen LogP contribution in [0.5, 0.6) is 0 Å². The lowest BCUT2D eigenvalue weighted by molar-refractivity contribution is -0.263. The van der Waals surface area contributed by atoms with Crippen molar-refractivity contribution < 1.29 is 38.4 Å². The summed E-state index contributed by atoms with van der Waals surface area (Å²) >= 11 is 0. The highest BCUT2D eigenvalue weighted by molar-refractivity contribution is 5.87. The first-order chi connectivity index (χ1) is 17.3. The van der Waals surface area contributed by atoms with Crippen LogP contribution in [0.25, 0.3) is 0 Å². The lowest BCUT2D eigenvalue weighted by atomic mass is 9.43. The molecule has 0 aromatic rings. The third kappa shape index (κ3) is 5.28. The Morgan fingerprint density at radius 1 is 1.05 bits per heavy atom. The van der Waals surface area contributed by atoms with E-state index in [2.05, 4.69) is 26.5 Å². The Labute approximate surface area is 220 Å². The van der Waals surface area contributed by atoms with E-state index in [1.54, 1.807) is 26.0 Å². The van der Waals surface area contributed by atoms with E-state index in [0.717, 1.165) is 5.57 Å². The molecule has 0 bridgehead atoms. The summed E-state index contributed by atoms with van der Waals surface area (Å²) in [4.78, 5) is 37.0. The molecule has 2 unspecified atom stereocenters. The van der Waals surface area contributed by atoms with Gasteiger partial charge in [-0.25, -0.2) is 4.79 Å². The molecule has 1 N–H and O–H groups in total. The summed E-state index contributed by atoms with van der Waals surface area (Å²) in [5.41, 5.74) is 0.111. The van der Waals surface area contributed by atoms with Crippen LogP contribution in [-0.2, 0) is 33.3 Å². The Morgan fingerprint density at radius 3 is 2.27 bits per heavy atom. The van der Waals surface area contributed by atoms with Gasteiger partial charge < -0.3 is 24.1 Å². The van der Waals surface area contributed by atoms with Gasteiger partial charge in [0.05, 0.1) is 11.5 Å². The van der Waals surface area contributed by atoms with E-state index >= 15 is 0 Å². The van der Waals surface area contributed by atoms with Gasteiger partial charge in [0.2, 0.25) is 12.6 Å². The van der Waals surface area contributed by atoms with Crippen molar-refractivity contribution in [3.63, 3.8) is 0 Å². The molecule has 1 heterocycles. The standard InChI is InChI=1S/C29H42O8/c1-9-16(3)11-12-28(8)18(5)13-24(32)29-22(26(34-19(6)30)37-27(29)35-20(7)31)14-21(15-23(28)29)36-25(33)17(4)10-2/h9-11,18,21-24,26-27,32H,1,12-15H2,2-8H3/b16-11+,17-10+/t18-,21-,22+,23+,24+,26?,27?,28-,29-/m0/s1. The largest absolute Gasteiger partial charge is 0.459 e. The molecule has 1 spiro atoms. The van der Waals surface area contributed by atoms with Crippen molar-refractivity contribution in [2.45, 2.75) is 98.9 Å². The second kappa shape index (κ2) is 11.1. The first kappa shape index (κ1) is 29.1. The number of allylic oxidation sites excluding steroid dienone is 4. The Hall–Kier alpha value is -2.45. The lowest BCUT2D eigenvalue weighted by Crippen LogP contribution is -2.66. The molecule has 37 heavy (non-hydrogen) atoms. The van der Waals surface area contributed by atoms with Gasteiger partial charge in [0.15, 0.2) is 0 Å². The third-order valence-corrected chi connectivity index (χ3v) is 9.10. The van der Waals surface area contributed by atoms with Gasteiger partial charge in [0, 0.05) is 25.3 Å². The van der Waals surface area contributed by atoms with Crippen LogP contribution >= 0.6 is 0 Å². The third-order valence-electron chi connectivity index (χ3n) is 9.10. The summed E-state index contributed by atoms with van der Waals surface area (Å²) in [6.07, 6.45) is 3.99. The number of aliphatic hydroxyl groups excluding tert-OH is 1.